The minimum Gasteiger partial charge on any atom is -0.424 e. The van der Waals surface area contributed by atoms with Gasteiger partial charge in [-0.3, -0.25) is 0 Å². The Kier molecular flexibility index (Phi) is 5.36. The molecular weight excluding hydrogens is 301 g/mol. The van der Waals surface area contributed by atoms with Crippen molar-refractivity contribution in [3.05, 3.63) is 66.2 Å². The van der Waals surface area contributed by atoms with E-state index in [0.717, 1.165) is 0 Å². The molecule has 0 bridgehead atoms. The Morgan fingerprint density at radius 1 is 1.14 bits per heavy atom. The number of benzene rings is 2. The van der Waals surface area contributed by atoms with Crippen LogP contribution in [0.15, 0.2) is 65.8 Å². The Bertz CT molecular complexity index is 673. The highest BCUT2D eigenvalue weighted by molar-refractivity contribution is 7.53. The summed E-state index contributed by atoms with van der Waals surface area (Å²) < 4.78 is 18.1. The lowest BCUT2D eigenvalue weighted by Gasteiger charge is -2.23. The first-order chi connectivity index (χ1) is 10.5. The van der Waals surface area contributed by atoms with Crippen LogP contribution in [0.25, 0.3) is 0 Å². The van der Waals surface area contributed by atoms with Gasteiger partial charge in [0.05, 0.1) is 5.71 Å². The standard InChI is InChI=1S/C16H18NO4P/c1-13(17-18)12-16(14-8-4-2-5-9-14)22(19,20)21-15-10-6-3-7-11-15/h2-11,16,18H,12H2,1H3,(H,19,20). The third-order valence-electron chi connectivity index (χ3n) is 3.22. The number of rotatable bonds is 6. The molecule has 2 aromatic carbocycles. The molecule has 0 amide bonds. The highest BCUT2D eigenvalue weighted by atomic mass is 31.2. The van der Waals surface area contributed by atoms with E-state index < -0.39 is 13.3 Å². The molecule has 0 saturated carbocycles. The fraction of sp³-hybridized carbons (Fsp3) is 0.188. The molecule has 2 N–H and O–H groups in total. The van der Waals surface area contributed by atoms with Crippen LogP contribution in [0.2, 0.25) is 0 Å². The molecule has 0 fully saturated rings. The van der Waals surface area contributed by atoms with E-state index in [0.29, 0.717) is 17.0 Å². The second kappa shape index (κ2) is 7.25. The lowest BCUT2D eigenvalue weighted by molar-refractivity contribution is 0.316. The molecule has 22 heavy (non-hydrogen) atoms. The van der Waals surface area contributed by atoms with Crippen molar-refractivity contribution in [2.75, 3.05) is 0 Å². The molecule has 0 heterocycles. The van der Waals surface area contributed by atoms with Gasteiger partial charge in [0, 0.05) is 6.42 Å². The van der Waals surface area contributed by atoms with Gasteiger partial charge in [0.25, 0.3) is 0 Å². The lowest BCUT2D eigenvalue weighted by atomic mass is 10.1. The zero-order valence-corrected chi connectivity index (χ0v) is 13.1. The van der Waals surface area contributed by atoms with Gasteiger partial charge in [0.2, 0.25) is 0 Å². The predicted molar refractivity (Wildman–Crippen MR) is 85.6 cm³/mol. The maximum absolute atomic E-state index is 12.7. The highest BCUT2D eigenvalue weighted by Gasteiger charge is 2.35. The summed E-state index contributed by atoms with van der Waals surface area (Å²) in [5.74, 6) is 0.327. The van der Waals surface area contributed by atoms with Gasteiger partial charge in [-0.2, -0.15) is 0 Å². The average Bonchev–Trinajstić information content (AvgIpc) is 2.53. The Balaban J connectivity index is 2.33. The molecule has 0 spiro atoms. The monoisotopic (exact) mass is 319 g/mol. The number of hydrogen-bond donors (Lipinski definition) is 2. The summed E-state index contributed by atoms with van der Waals surface area (Å²) in [7, 11) is -4.01. The van der Waals surface area contributed by atoms with Gasteiger partial charge in [-0.1, -0.05) is 53.7 Å². The van der Waals surface area contributed by atoms with Crippen molar-refractivity contribution in [2.24, 2.45) is 5.16 Å². The number of nitrogens with zero attached hydrogens (tertiary/aromatic N) is 1. The van der Waals surface area contributed by atoms with E-state index in [2.05, 4.69) is 5.16 Å². The van der Waals surface area contributed by atoms with Crippen molar-refractivity contribution >= 4 is 13.3 Å². The molecule has 0 radical (unpaired) electrons. The maximum Gasteiger partial charge on any atom is 0.384 e. The first-order valence-corrected chi connectivity index (χ1v) is 8.47. The van der Waals surface area contributed by atoms with Crippen LogP contribution < -0.4 is 4.52 Å². The Labute approximate surface area is 129 Å². The summed E-state index contributed by atoms with van der Waals surface area (Å²) in [6.07, 6.45) is 0.126. The van der Waals surface area contributed by atoms with E-state index in [4.69, 9.17) is 9.73 Å². The van der Waals surface area contributed by atoms with Crippen LogP contribution in [0.4, 0.5) is 0 Å². The van der Waals surface area contributed by atoms with Crippen LogP contribution in [0.1, 0.15) is 24.6 Å². The second-order valence-electron chi connectivity index (χ2n) is 4.93. The van der Waals surface area contributed by atoms with Crippen molar-refractivity contribution in [1.29, 1.82) is 0 Å². The summed E-state index contributed by atoms with van der Waals surface area (Å²) in [4.78, 5) is 10.4. The first kappa shape index (κ1) is 16.3. The van der Waals surface area contributed by atoms with Gasteiger partial charge in [-0.25, -0.2) is 4.57 Å². The van der Waals surface area contributed by atoms with Gasteiger partial charge in [0.15, 0.2) is 0 Å². The summed E-state index contributed by atoms with van der Waals surface area (Å²) in [5, 5.41) is 12.0. The molecule has 0 aliphatic carbocycles. The molecule has 0 aliphatic rings. The van der Waals surface area contributed by atoms with Gasteiger partial charge < -0.3 is 14.6 Å². The van der Waals surface area contributed by atoms with E-state index in [-0.39, 0.29) is 6.42 Å². The Hall–Kier alpha value is -2.10. The van der Waals surface area contributed by atoms with E-state index in [1.54, 1.807) is 61.5 Å². The highest BCUT2D eigenvalue weighted by Crippen LogP contribution is 2.57. The van der Waals surface area contributed by atoms with E-state index >= 15 is 0 Å². The Morgan fingerprint density at radius 2 is 1.68 bits per heavy atom. The first-order valence-electron chi connectivity index (χ1n) is 6.82. The second-order valence-corrected chi connectivity index (χ2v) is 6.87. The number of oxime groups is 1. The molecule has 116 valence electrons. The van der Waals surface area contributed by atoms with Crippen LogP contribution in [0.3, 0.4) is 0 Å². The zero-order chi connectivity index (χ0) is 16.0. The maximum atomic E-state index is 12.7. The molecule has 0 saturated heterocycles. The number of para-hydroxylation sites is 1. The molecular formula is C16H18NO4P. The molecule has 2 atom stereocenters. The molecule has 2 aromatic rings. The fourth-order valence-electron chi connectivity index (χ4n) is 2.11. The normalized spacial score (nSPS) is 15.8. The van der Waals surface area contributed by atoms with Crippen LogP contribution in [-0.2, 0) is 4.57 Å². The summed E-state index contributed by atoms with van der Waals surface area (Å²) >= 11 is 0. The van der Waals surface area contributed by atoms with E-state index in [1.165, 1.54) is 0 Å². The van der Waals surface area contributed by atoms with Crippen LogP contribution in [-0.4, -0.2) is 15.8 Å². The lowest BCUT2D eigenvalue weighted by Crippen LogP contribution is -2.09. The summed E-state index contributed by atoms with van der Waals surface area (Å²) in [6, 6.07) is 17.4. The quantitative estimate of drug-likeness (QED) is 0.361. The van der Waals surface area contributed by atoms with Crippen molar-refractivity contribution in [3.63, 3.8) is 0 Å². The third-order valence-corrected chi connectivity index (χ3v) is 4.96. The van der Waals surface area contributed by atoms with Gasteiger partial charge >= 0.3 is 7.60 Å². The topological polar surface area (TPSA) is 79.1 Å². The predicted octanol–water partition coefficient (Wildman–Crippen LogP) is 4.23. The minimum absolute atomic E-state index is 0.126. The van der Waals surface area contributed by atoms with E-state index in [9.17, 15) is 9.46 Å². The van der Waals surface area contributed by atoms with Gasteiger partial charge in [0.1, 0.15) is 11.4 Å². The SMILES string of the molecule is CC(CC(c1ccccc1)P(=O)(O)Oc1ccccc1)=NO. The zero-order valence-electron chi connectivity index (χ0n) is 12.2. The molecule has 2 unspecified atom stereocenters. The van der Waals surface area contributed by atoms with Crippen molar-refractivity contribution in [2.45, 2.75) is 19.0 Å². The third kappa shape index (κ3) is 4.20. The van der Waals surface area contributed by atoms with Crippen molar-refractivity contribution < 1.29 is 19.2 Å². The number of hydrogen-bond acceptors (Lipinski definition) is 4. The van der Waals surface area contributed by atoms with Crippen molar-refractivity contribution in [1.82, 2.24) is 0 Å². The summed E-state index contributed by atoms with van der Waals surface area (Å²) in [5.41, 5.74) is 0.219. The Morgan fingerprint density at radius 3 is 2.23 bits per heavy atom. The minimum atomic E-state index is -4.01. The molecule has 6 heteroatoms. The van der Waals surface area contributed by atoms with Crippen LogP contribution in [0, 0.1) is 0 Å². The van der Waals surface area contributed by atoms with Crippen LogP contribution >= 0.6 is 7.60 Å². The fourth-order valence-corrected chi connectivity index (χ4v) is 3.71. The average molecular weight is 319 g/mol. The van der Waals surface area contributed by atoms with Gasteiger partial charge in [-0.05, 0) is 24.6 Å². The van der Waals surface area contributed by atoms with Crippen molar-refractivity contribution in [3.8, 4) is 5.75 Å². The molecule has 2 rings (SSSR count). The molecule has 0 aliphatic heterocycles. The molecule has 0 aromatic heterocycles. The smallest absolute Gasteiger partial charge is 0.384 e. The van der Waals surface area contributed by atoms with Gasteiger partial charge in [-0.15, -0.1) is 0 Å². The van der Waals surface area contributed by atoms with Crippen LogP contribution in [0.5, 0.6) is 5.75 Å². The molecule has 5 nitrogen and oxygen atoms in total. The summed E-state index contributed by atoms with van der Waals surface area (Å²) in [6.45, 7) is 1.60. The van der Waals surface area contributed by atoms with E-state index in [1.807, 2.05) is 6.07 Å². The largest absolute Gasteiger partial charge is 0.424 e.